The van der Waals surface area contributed by atoms with Crippen molar-refractivity contribution in [2.24, 2.45) is 0 Å². The molecule has 0 saturated carbocycles. The Kier molecular flexibility index (Phi) is 5.61. The van der Waals surface area contributed by atoms with Crippen LogP contribution < -0.4 is 10.9 Å². The second kappa shape index (κ2) is 8.27. The maximum Gasteiger partial charge on any atom is 0.261 e. The van der Waals surface area contributed by atoms with Gasteiger partial charge in [-0.3, -0.25) is 19.0 Å². The highest BCUT2D eigenvalue weighted by Gasteiger charge is 2.14. The molecule has 0 fully saturated rings. The second-order valence-corrected chi connectivity index (χ2v) is 6.17. The van der Waals surface area contributed by atoms with Crippen molar-refractivity contribution in [1.29, 1.82) is 0 Å². The van der Waals surface area contributed by atoms with E-state index in [9.17, 15) is 14.4 Å². The summed E-state index contributed by atoms with van der Waals surface area (Å²) in [4.78, 5) is 42.3. The fraction of sp³-hybridized carbons (Fsp3) is 0.200. The van der Waals surface area contributed by atoms with Gasteiger partial charge >= 0.3 is 0 Å². The van der Waals surface area contributed by atoms with Crippen LogP contribution in [-0.4, -0.2) is 39.9 Å². The highest BCUT2D eigenvalue weighted by atomic mass is 16.2. The standard InChI is InChI=1S/C20H20N4O3/c1-23(13-18(25)22-15-7-3-2-4-8-15)19(26)11-12-24-14-21-17-10-6-5-9-16(17)20(24)27/h2-10,14H,11-13H2,1H3,(H,22,25). The van der Waals surface area contributed by atoms with Crippen LogP contribution in [0.4, 0.5) is 5.69 Å². The first-order valence-corrected chi connectivity index (χ1v) is 8.57. The summed E-state index contributed by atoms with van der Waals surface area (Å²) in [7, 11) is 1.56. The van der Waals surface area contributed by atoms with E-state index < -0.39 is 0 Å². The van der Waals surface area contributed by atoms with Gasteiger partial charge in [0, 0.05) is 25.7 Å². The number of hydrogen-bond donors (Lipinski definition) is 1. The molecule has 3 rings (SSSR count). The number of aryl methyl sites for hydroxylation is 1. The first-order valence-electron chi connectivity index (χ1n) is 8.57. The van der Waals surface area contributed by atoms with Crippen LogP contribution in [0.1, 0.15) is 6.42 Å². The fourth-order valence-corrected chi connectivity index (χ4v) is 2.70. The number of para-hydroxylation sites is 2. The molecule has 1 N–H and O–H groups in total. The number of anilines is 1. The fourth-order valence-electron chi connectivity index (χ4n) is 2.70. The number of benzene rings is 2. The van der Waals surface area contributed by atoms with Gasteiger partial charge in [0.25, 0.3) is 5.56 Å². The molecule has 7 heteroatoms. The number of carbonyl (C=O) groups excluding carboxylic acids is 2. The van der Waals surface area contributed by atoms with Crippen molar-refractivity contribution in [3.8, 4) is 0 Å². The molecule has 1 heterocycles. The molecule has 0 unspecified atom stereocenters. The maximum absolute atomic E-state index is 12.4. The Balaban J connectivity index is 1.56. The van der Waals surface area contributed by atoms with Crippen LogP contribution in [0, 0.1) is 0 Å². The van der Waals surface area contributed by atoms with Crippen molar-refractivity contribution in [3.05, 3.63) is 71.3 Å². The van der Waals surface area contributed by atoms with Gasteiger partial charge in [0.15, 0.2) is 0 Å². The molecule has 1 aromatic heterocycles. The molecule has 0 atom stereocenters. The van der Waals surface area contributed by atoms with Gasteiger partial charge < -0.3 is 10.2 Å². The summed E-state index contributed by atoms with van der Waals surface area (Å²) in [6.45, 7) is 0.152. The number of nitrogens with one attached hydrogen (secondary N) is 1. The Labute approximate surface area is 156 Å². The van der Waals surface area contributed by atoms with Crippen molar-refractivity contribution in [3.63, 3.8) is 0 Å². The van der Waals surface area contributed by atoms with Crippen LogP contribution in [0.2, 0.25) is 0 Å². The molecular weight excluding hydrogens is 344 g/mol. The van der Waals surface area contributed by atoms with Gasteiger partial charge in [-0.1, -0.05) is 30.3 Å². The predicted molar refractivity (Wildman–Crippen MR) is 103 cm³/mol. The first kappa shape index (κ1) is 18.3. The third-order valence-corrected chi connectivity index (χ3v) is 4.16. The number of nitrogens with zero attached hydrogens (tertiary/aromatic N) is 3. The summed E-state index contributed by atoms with van der Waals surface area (Å²) in [5.41, 5.74) is 1.12. The minimum absolute atomic E-state index is 0.0569. The van der Waals surface area contributed by atoms with E-state index in [4.69, 9.17) is 0 Å². The average molecular weight is 364 g/mol. The zero-order valence-electron chi connectivity index (χ0n) is 15.0. The maximum atomic E-state index is 12.4. The third-order valence-electron chi connectivity index (χ3n) is 4.16. The van der Waals surface area contributed by atoms with Gasteiger partial charge in [-0.05, 0) is 24.3 Å². The van der Waals surface area contributed by atoms with E-state index in [1.54, 1.807) is 37.4 Å². The van der Waals surface area contributed by atoms with E-state index in [-0.39, 0.29) is 36.9 Å². The number of likely N-dealkylation sites (N-methyl/N-ethyl adjacent to an activating group) is 1. The molecular formula is C20H20N4O3. The van der Waals surface area contributed by atoms with Crippen molar-refractivity contribution in [2.45, 2.75) is 13.0 Å². The molecule has 27 heavy (non-hydrogen) atoms. The van der Waals surface area contributed by atoms with Crippen LogP contribution in [0.3, 0.4) is 0 Å². The smallest absolute Gasteiger partial charge is 0.261 e. The Morgan fingerprint density at radius 2 is 1.78 bits per heavy atom. The van der Waals surface area contributed by atoms with Gasteiger partial charge in [-0.15, -0.1) is 0 Å². The Morgan fingerprint density at radius 1 is 1.07 bits per heavy atom. The number of aromatic nitrogens is 2. The lowest BCUT2D eigenvalue weighted by Crippen LogP contribution is -2.35. The molecule has 0 saturated heterocycles. The summed E-state index contributed by atoms with van der Waals surface area (Å²) in [6, 6.07) is 16.1. The summed E-state index contributed by atoms with van der Waals surface area (Å²) < 4.78 is 1.41. The summed E-state index contributed by atoms with van der Waals surface area (Å²) in [6.07, 6.45) is 1.55. The SMILES string of the molecule is CN(CC(=O)Nc1ccccc1)C(=O)CCn1cnc2ccccc2c1=O. The zero-order chi connectivity index (χ0) is 19.2. The topological polar surface area (TPSA) is 84.3 Å². The van der Waals surface area contributed by atoms with Gasteiger partial charge in [0.2, 0.25) is 11.8 Å². The molecule has 7 nitrogen and oxygen atoms in total. The third kappa shape index (κ3) is 4.58. The van der Waals surface area contributed by atoms with Crippen LogP contribution in [0.5, 0.6) is 0 Å². The zero-order valence-corrected chi connectivity index (χ0v) is 15.0. The van der Waals surface area contributed by atoms with Gasteiger partial charge in [0.1, 0.15) is 0 Å². The van der Waals surface area contributed by atoms with Crippen molar-refractivity contribution >= 4 is 28.4 Å². The largest absolute Gasteiger partial charge is 0.336 e. The predicted octanol–water partition coefficient (Wildman–Crippen LogP) is 1.88. The average Bonchev–Trinajstić information content (AvgIpc) is 2.68. The molecule has 3 aromatic rings. The van der Waals surface area contributed by atoms with E-state index in [1.165, 1.54) is 15.8 Å². The lowest BCUT2D eigenvalue weighted by molar-refractivity contribution is -0.133. The molecule has 2 amide bonds. The van der Waals surface area contributed by atoms with Gasteiger partial charge in [-0.25, -0.2) is 4.98 Å². The number of carbonyl (C=O) groups is 2. The molecule has 0 aliphatic rings. The minimum Gasteiger partial charge on any atom is -0.336 e. The first-order chi connectivity index (χ1) is 13.0. The molecule has 138 valence electrons. The molecule has 2 aromatic carbocycles. The Hall–Kier alpha value is -3.48. The number of hydrogen-bond acceptors (Lipinski definition) is 4. The Bertz CT molecular complexity index is 1010. The van der Waals surface area contributed by atoms with Crippen molar-refractivity contribution in [1.82, 2.24) is 14.5 Å². The van der Waals surface area contributed by atoms with E-state index in [0.717, 1.165) is 0 Å². The summed E-state index contributed by atoms with van der Waals surface area (Å²) in [5, 5.41) is 3.25. The normalized spacial score (nSPS) is 10.6. The van der Waals surface area contributed by atoms with Gasteiger partial charge in [0.05, 0.1) is 23.8 Å². The monoisotopic (exact) mass is 364 g/mol. The van der Waals surface area contributed by atoms with E-state index in [1.807, 2.05) is 24.3 Å². The van der Waals surface area contributed by atoms with Crippen molar-refractivity contribution < 1.29 is 9.59 Å². The lowest BCUT2D eigenvalue weighted by atomic mass is 10.2. The Morgan fingerprint density at radius 3 is 2.56 bits per heavy atom. The van der Waals surface area contributed by atoms with Crippen LogP contribution >= 0.6 is 0 Å². The molecule has 0 aliphatic carbocycles. The second-order valence-electron chi connectivity index (χ2n) is 6.17. The van der Waals surface area contributed by atoms with E-state index >= 15 is 0 Å². The summed E-state index contributed by atoms with van der Waals surface area (Å²) >= 11 is 0. The number of fused-ring (bicyclic) bond motifs is 1. The lowest BCUT2D eigenvalue weighted by Gasteiger charge is -2.17. The number of amides is 2. The molecule has 0 radical (unpaired) electrons. The van der Waals surface area contributed by atoms with E-state index in [2.05, 4.69) is 10.3 Å². The van der Waals surface area contributed by atoms with Crippen LogP contribution in [0.15, 0.2) is 65.7 Å². The highest BCUT2D eigenvalue weighted by Crippen LogP contribution is 2.06. The molecule has 0 spiro atoms. The van der Waals surface area contributed by atoms with Crippen LogP contribution in [0.25, 0.3) is 10.9 Å². The van der Waals surface area contributed by atoms with Crippen molar-refractivity contribution in [2.75, 3.05) is 18.9 Å². The quantitative estimate of drug-likeness (QED) is 0.724. The highest BCUT2D eigenvalue weighted by molar-refractivity contribution is 5.94. The number of rotatable bonds is 6. The van der Waals surface area contributed by atoms with Crippen LogP contribution in [-0.2, 0) is 16.1 Å². The summed E-state index contributed by atoms with van der Waals surface area (Å²) in [5.74, 6) is -0.500. The minimum atomic E-state index is -0.276. The van der Waals surface area contributed by atoms with Gasteiger partial charge in [-0.2, -0.15) is 0 Å². The molecule has 0 aliphatic heterocycles. The van der Waals surface area contributed by atoms with E-state index in [0.29, 0.717) is 16.6 Å². The molecule has 0 bridgehead atoms.